The zero-order valence-electron chi connectivity index (χ0n) is 13.5. The van der Waals surface area contributed by atoms with Crippen LogP contribution in [0.3, 0.4) is 0 Å². The van der Waals surface area contributed by atoms with Crippen LogP contribution in [-0.2, 0) is 6.42 Å². The first-order valence-electron chi connectivity index (χ1n) is 8.51. The summed E-state index contributed by atoms with van der Waals surface area (Å²) in [6, 6.07) is 8.05. The van der Waals surface area contributed by atoms with E-state index >= 15 is 0 Å². The fourth-order valence-electron chi connectivity index (χ4n) is 3.38. The molecule has 3 heteroatoms. The molecule has 1 aromatic carbocycles. The summed E-state index contributed by atoms with van der Waals surface area (Å²) in [5.41, 5.74) is 10.4. The maximum Gasteiger partial charge on any atom is 0.0400 e. The lowest BCUT2D eigenvalue weighted by molar-refractivity contribution is 0.248. The number of hydrogen-bond donors (Lipinski definition) is 1. The summed E-state index contributed by atoms with van der Waals surface area (Å²) in [5, 5.41) is 0. The van der Waals surface area contributed by atoms with E-state index in [1.807, 2.05) is 0 Å². The number of nitrogens with two attached hydrogens (primary N) is 1. The van der Waals surface area contributed by atoms with Crippen molar-refractivity contribution >= 4 is 5.69 Å². The van der Waals surface area contributed by atoms with Crippen molar-refractivity contribution in [3.05, 3.63) is 29.3 Å². The SMILES string of the molecule is CCC(N)Cc1cc(C)ccc1N1CCN(C2CC2)CC1. The van der Waals surface area contributed by atoms with E-state index < -0.39 is 0 Å². The molecule has 1 aliphatic heterocycles. The van der Waals surface area contributed by atoms with Gasteiger partial charge < -0.3 is 10.6 Å². The van der Waals surface area contributed by atoms with Crippen LogP contribution in [0.2, 0.25) is 0 Å². The highest BCUT2D eigenvalue weighted by Crippen LogP contribution is 2.30. The van der Waals surface area contributed by atoms with Gasteiger partial charge in [0, 0.05) is 44.0 Å². The number of piperazine rings is 1. The van der Waals surface area contributed by atoms with Crippen molar-refractivity contribution in [2.75, 3.05) is 31.1 Å². The fourth-order valence-corrected chi connectivity index (χ4v) is 3.38. The molecule has 1 unspecified atom stereocenters. The van der Waals surface area contributed by atoms with Crippen LogP contribution < -0.4 is 10.6 Å². The standard InChI is InChI=1S/C18H29N3/c1-3-16(19)13-15-12-14(2)4-7-18(15)21-10-8-20(9-11-21)17-5-6-17/h4,7,12,16-17H,3,5-6,8-11,13,19H2,1-2H3. The largest absolute Gasteiger partial charge is 0.369 e. The summed E-state index contributed by atoms with van der Waals surface area (Å²) in [5.74, 6) is 0. The smallest absolute Gasteiger partial charge is 0.0400 e. The summed E-state index contributed by atoms with van der Waals surface area (Å²) in [7, 11) is 0. The molecule has 116 valence electrons. The molecule has 0 aromatic heterocycles. The number of nitrogens with zero attached hydrogens (tertiary/aromatic N) is 2. The number of anilines is 1. The molecule has 0 bridgehead atoms. The zero-order valence-corrected chi connectivity index (χ0v) is 13.5. The summed E-state index contributed by atoms with van der Waals surface area (Å²) >= 11 is 0. The van der Waals surface area contributed by atoms with Crippen LogP contribution in [0.15, 0.2) is 18.2 Å². The molecule has 0 spiro atoms. The lowest BCUT2D eigenvalue weighted by Gasteiger charge is -2.37. The number of rotatable bonds is 5. The van der Waals surface area contributed by atoms with E-state index in [1.165, 1.54) is 42.7 Å². The van der Waals surface area contributed by atoms with Gasteiger partial charge in [-0.15, -0.1) is 0 Å². The summed E-state index contributed by atoms with van der Waals surface area (Å²) in [6.45, 7) is 9.11. The molecule has 1 heterocycles. The minimum atomic E-state index is 0.276. The molecule has 21 heavy (non-hydrogen) atoms. The van der Waals surface area contributed by atoms with Gasteiger partial charge in [-0.1, -0.05) is 24.6 Å². The number of benzene rings is 1. The maximum absolute atomic E-state index is 6.20. The van der Waals surface area contributed by atoms with E-state index in [0.29, 0.717) is 0 Å². The van der Waals surface area contributed by atoms with Crippen molar-refractivity contribution in [1.29, 1.82) is 0 Å². The molecule has 3 nitrogen and oxygen atoms in total. The summed E-state index contributed by atoms with van der Waals surface area (Å²) in [6.07, 6.45) is 4.88. The highest BCUT2D eigenvalue weighted by Gasteiger charge is 2.31. The molecule has 3 rings (SSSR count). The van der Waals surface area contributed by atoms with Gasteiger partial charge in [-0.25, -0.2) is 0 Å². The van der Waals surface area contributed by atoms with Gasteiger partial charge in [0.05, 0.1) is 0 Å². The molecule has 2 N–H and O–H groups in total. The normalized spacial score (nSPS) is 21.6. The lowest BCUT2D eigenvalue weighted by Crippen LogP contribution is -2.47. The second kappa shape index (κ2) is 6.37. The first-order valence-corrected chi connectivity index (χ1v) is 8.51. The second-order valence-corrected chi connectivity index (χ2v) is 6.76. The van der Waals surface area contributed by atoms with Crippen molar-refractivity contribution < 1.29 is 0 Å². The second-order valence-electron chi connectivity index (χ2n) is 6.76. The van der Waals surface area contributed by atoms with Gasteiger partial charge in [0.2, 0.25) is 0 Å². The third-order valence-corrected chi connectivity index (χ3v) is 4.96. The molecule has 0 amide bonds. The van der Waals surface area contributed by atoms with Crippen molar-refractivity contribution in [1.82, 2.24) is 4.90 Å². The minimum Gasteiger partial charge on any atom is -0.369 e. The van der Waals surface area contributed by atoms with E-state index in [4.69, 9.17) is 5.73 Å². The lowest BCUT2D eigenvalue weighted by atomic mass is 9.99. The van der Waals surface area contributed by atoms with E-state index in [2.05, 4.69) is 41.8 Å². The Labute approximate surface area is 129 Å². The average molecular weight is 287 g/mol. The Bertz CT molecular complexity index is 473. The quantitative estimate of drug-likeness (QED) is 0.903. The van der Waals surface area contributed by atoms with Gasteiger partial charge in [-0.05, 0) is 44.2 Å². The first-order chi connectivity index (χ1) is 10.2. The fraction of sp³-hybridized carbons (Fsp3) is 0.667. The van der Waals surface area contributed by atoms with Crippen molar-refractivity contribution in [3.63, 3.8) is 0 Å². The van der Waals surface area contributed by atoms with Gasteiger partial charge >= 0.3 is 0 Å². The molecule has 0 radical (unpaired) electrons. The van der Waals surface area contributed by atoms with Crippen LogP contribution in [0.4, 0.5) is 5.69 Å². The van der Waals surface area contributed by atoms with Crippen LogP contribution in [0.1, 0.15) is 37.3 Å². The minimum absolute atomic E-state index is 0.276. The Hall–Kier alpha value is -1.06. The first kappa shape index (κ1) is 14.9. The molecule has 2 aliphatic rings. The van der Waals surface area contributed by atoms with Crippen LogP contribution in [0.5, 0.6) is 0 Å². The number of aryl methyl sites for hydroxylation is 1. The molecular formula is C18H29N3. The van der Waals surface area contributed by atoms with E-state index in [-0.39, 0.29) is 6.04 Å². The molecular weight excluding hydrogens is 258 g/mol. The summed E-state index contributed by atoms with van der Waals surface area (Å²) in [4.78, 5) is 5.23. The topological polar surface area (TPSA) is 32.5 Å². The van der Waals surface area contributed by atoms with Crippen LogP contribution in [0, 0.1) is 6.92 Å². The molecule has 2 fully saturated rings. The summed E-state index contributed by atoms with van der Waals surface area (Å²) < 4.78 is 0. The Morgan fingerprint density at radius 1 is 1.19 bits per heavy atom. The van der Waals surface area contributed by atoms with Gasteiger partial charge in [-0.3, -0.25) is 4.90 Å². The Morgan fingerprint density at radius 2 is 1.90 bits per heavy atom. The van der Waals surface area contributed by atoms with Crippen molar-refractivity contribution in [2.45, 2.75) is 51.6 Å². The van der Waals surface area contributed by atoms with Gasteiger partial charge in [0.15, 0.2) is 0 Å². The van der Waals surface area contributed by atoms with Crippen LogP contribution in [0.25, 0.3) is 0 Å². The highest BCUT2D eigenvalue weighted by atomic mass is 15.3. The van der Waals surface area contributed by atoms with Crippen molar-refractivity contribution in [2.24, 2.45) is 5.73 Å². The number of hydrogen-bond acceptors (Lipinski definition) is 3. The third kappa shape index (κ3) is 3.58. The van der Waals surface area contributed by atoms with Gasteiger partial charge in [-0.2, -0.15) is 0 Å². The van der Waals surface area contributed by atoms with E-state index in [0.717, 1.165) is 32.0 Å². The molecule has 1 saturated carbocycles. The molecule has 1 saturated heterocycles. The molecule has 1 atom stereocenters. The highest BCUT2D eigenvalue weighted by molar-refractivity contribution is 5.55. The van der Waals surface area contributed by atoms with E-state index in [1.54, 1.807) is 0 Å². The average Bonchev–Trinajstić information content (AvgIpc) is 3.32. The molecule has 1 aliphatic carbocycles. The monoisotopic (exact) mass is 287 g/mol. The third-order valence-electron chi connectivity index (χ3n) is 4.96. The van der Waals surface area contributed by atoms with Crippen molar-refractivity contribution in [3.8, 4) is 0 Å². The Balaban J connectivity index is 1.71. The Kier molecular flexibility index (Phi) is 4.51. The zero-order chi connectivity index (χ0) is 14.8. The maximum atomic E-state index is 6.20. The van der Waals surface area contributed by atoms with Crippen LogP contribution >= 0.6 is 0 Å². The van der Waals surface area contributed by atoms with Gasteiger partial charge in [0.25, 0.3) is 0 Å². The predicted molar refractivity (Wildman–Crippen MR) is 90.0 cm³/mol. The van der Waals surface area contributed by atoms with Crippen LogP contribution in [-0.4, -0.2) is 43.2 Å². The van der Waals surface area contributed by atoms with Gasteiger partial charge in [0.1, 0.15) is 0 Å². The predicted octanol–water partition coefficient (Wildman–Crippen LogP) is 2.56. The molecule has 1 aromatic rings. The van der Waals surface area contributed by atoms with E-state index in [9.17, 15) is 0 Å². The Morgan fingerprint density at radius 3 is 2.52 bits per heavy atom.